The predicted molar refractivity (Wildman–Crippen MR) is 71.3 cm³/mol. The molecule has 2 rings (SSSR count). The maximum atomic E-state index is 8.76. The van der Waals surface area contributed by atoms with Crippen LogP contribution in [-0.4, -0.2) is 21.9 Å². The first-order chi connectivity index (χ1) is 8.79. The van der Waals surface area contributed by atoms with Crippen molar-refractivity contribution in [2.45, 2.75) is 25.7 Å². The lowest BCUT2D eigenvalue weighted by Crippen LogP contribution is -1.94. The monoisotopic (exact) mass is 310 g/mol. The number of aromatic nitrogens is 2. The summed E-state index contributed by atoms with van der Waals surface area (Å²) in [7, 11) is 0. The standard InChI is InChI=1S/C13H15BrN2O2/c14-11-6-2-1-4-10(11)5-3-7-13-15-12(8-9-17)16-18-13/h1-2,4,6,17H,3,5,7-9H2. The fraction of sp³-hybridized carbons (Fsp3) is 0.385. The average molecular weight is 311 g/mol. The molecule has 0 atom stereocenters. The Morgan fingerprint density at radius 2 is 2.00 bits per heavy atom. The molecule has 0 amide bonds. The van der Waals surface area contributed by atoms with Gasteiger partial charge in [0, 0.05) is 17.3 Å². The molecule has 1 aromatic heterocycles. The molecule has 0 saturated carbocycles. The number of hydrogen-bond acceptors (Lipinski definition) is 4. The molecule has 0 saturated heterocycles. The Bertz CT molecular complexity index is 499. The highest BCUT2D eigenvalue weighted by molar-refractivity contribution is 9.10. The molecule has 96 valence electrons. The molecular formula is C13H15BrN2O2. The van der Waals surface area contributed by atoms with Crippen LogP contribution in [0.25, 0.3) is 0 Å². The molecule has 0 aliphatic rings. The van der Waals surface area contributed by atoms with E-state index < -0.39 is 0 Å². The molecule has 0 unspecified atom stereocenters. The van der Waals surface area contributed by atoms with Crippen LogP contribution in [0.4, 0.5) is 0 Å². The Labute approximate surface area is 114 Å². The molecule has 0 radical (unpaired) electrons. The predicted octanol–water partition coefficient (Wildman–Crippen LogP) is 2.54. The number of benzene rings is 1. The lowest BCUT2D eigenvalue weighted by molar-refractivity contribution is 0.292. The van der Waals surface area contributed by atoms with Gasteiger partial charge in [0.15, 0.2) is 5.82 Å². The number of hydrogen-bond donors (Lipinski definition) is 1. The van der Waals surface area contributed by atoms with E-state index in [1.165, 1.54) is 5.56 Å². The van der Waals surface area contributed by atoms with Crippen molar-refractivity contribution in [3.05, 3.63) is 46.0 Å². The van der Waals surface area contributed by atoms with Gasteiger partial charge in [-0.1, -0.05) is 39.3 Å². The van der Waals surface area contributed by atoms with E-state index in [-0.39, 0.29) is 6.61 Å². The van der Waals surface area contributed by atoms with Crippen molar-refractivity contribution in [2.75, 3.05) is 6.61 Å². The van der Waals surface area contributed by atoms with Crippen molar-refractivity contribution in [3.63, 3.8) is 0 Å². The molecule has 0 bridgehead atoms. The lowest BCUT2D eigenvalue weighted by atomic mass is 10.1. The fourth-order valence-corrected chi connectivity index (χ4v) is 2.21. The summed E-state index contributed by atoms with van der Waals surface area (Å²) in [5, 5.41) is 12.6. The summed E-state index contributed by atoms with van der Waals surface area (Å²) in [6.45, 7) is 0.0515. The Hall–Kier alpha value is -1.20. The number of aliphatic hydroxyl groups is 1. The van der Waals surface area contributed by atoms with Gasteiger partial charge in [-0.2, -0.15) is 4.98 Å². The first-order valence-corrected chi connectivity index (χ1v) is 6.74. The molecule has 0 fully saturated rings. The van der Waals surface area contributed by atoms with E-state index in [1.54, 1.807) is 0 Å². The van der Waals surface area contributed by atoms with Crippen LogP contribution in [-0.2, 0) is 19.3 Å². The van der Waals surface area contributed by atoms with E-state index in [4.69, 9.17) is 9.63 Å². The summed E-state index contributed by atoms with van der Waals surface area (Å²) in [6, 6.07) is 8.19. The van der Waals surface area contributed by atoms with E-state index in [9.17, 15) is 0 Å². The largest absolute Gasteiger partial charge is 0.396 e. The molecule has 1 N–H and O–H groups in total. The minimum absolute atomic E-state index is 0.0515. The summed E-state index contributed by atoms with van der Waals surface area (Å²) in [6.07, 6.45) is 3.15. The van der Waals surface area contributed by atoms with Gasteiger partial charge in [-0.05, 0) is 24.5 Å². The van der Waals surface area contributed by atoms with E-state index in [0.29, 0.717) is 18.1 Å². The minimum Gasteiger partial charge on any atom is -0.396 e. The SMILES string of the molecule is OCCc1noc(CCCc2ccccc2Br)n1. The van der Waals surface area contributed by atoms with Gasteiger partial charge in [-0.15, -0.1) is 0 Å². The van der Waals surface area contributed by atoms with Crippen LogP contribution in [0.3, 0.4) is 0 Å². The van der Waals surface area contributed by atoms with Gasteiger partial charge in [0.2, 0.25) is 5.89 Å². The molecule has 4 nitrogen and oxygen atoms in total. The van der Waals surface area contributed by atoms with Crippen molar-refractivity contribution in [1.82, 2.24) is 10.1 Å². The summed E-state index contributed by atoms with van der Waals surface area (Å²) in [5.74, 6) is 1.22. The smallest absolute Gasteiger partial charge is 0.226 e. The first kappa shape index (κ1) is 13.2. The van der Waals surface area contributed by atoms with Crippen molar-refractivity contribution in [2.24, 2.45) is 0 Å². The average Bonchev–Trinajstić information content (AvgIpc) is 2.80. The van der Waals surface area contributed by atoms with Gasteiger partial charge < -0.3 is 9.63 Å². The van der Waals surface area contributed by atoms with Crippen molar-refractivity contribution in [1.29, 1.82) is 0 Å². The third-order valence-electron chi connectivity index (χ3n) is 2.64. The van der Waals surface area contributed by atoms with Gasteiger partial charge in [0.1, 0.15) is 0 Å². The summed E-state index contributed by atoms with van der Waals surface area (Å²) >= 11 is 3.53. The van der Waals surface area contributed by atoms with E-state index >= 15 is 0 Å². The van der Waals surface area contributed by atoms with Crippen molar-refractivity contribution < 1.29 is 9.63 Å². The van der Waals surface area contributed by atoms with Crippen LogP contribution in [0.2, 0.25) is 0 Å². The Morgan fingerprint density at radius 3 is 2.78 bits per heavy atom. The van der Waals surface area contributed by atoms with Crippen LogP contribution in [0, 0.1) is 0 Å². The molecule has 0 aliphatic heterocycles. The number of halogens is 1. The van der Waals surface area contributed by atoms with Crippen molar-refractivity contribution >= 4 is 15.9 Å². The van der Waals surface area contributed by atoms with Crippen LogP contribution in [0.1, 0.15) is 23.7 Å². The van der Waals surface area contributed by atoms with E-state index in [1.807, 2.05) is 18.2 Å². The maximum Gasteiger partial charge on any atom is 0.226 e. The van der Waals surface area contributed by atoms with E-state index in [0.717, 1.165) is 23.7 Å². The van der Waals surface area contributed by atoms with Gasteiger partial charge in [0.25, 0.3) is 0 Å². The third-order valence-corrected chi connectivity index (χ3v) is 3.41. The number of aliphatic hydroxyl groups excluding tert-OH is 1. The zero-order valence-electron chi connectivity index (χ0n) is 9.97. The summed E-state index contributed by atoms with van der Waals surface area (Å²) in [5.41, 5.74) is 1.28. The van der Waals surface area contributed by atoms with Gasteiger partial charge in [0.05, 0.1) is 6.61 Å². The second kappa shape index (κ2) is 6.66. The molecule has 0 spiro atoms. The van der Waals surface area contributed by atoms with Crippen LogP contribution in [0.5, 0.6) is 0 Å². The number of nitrogens with zero attached hydrogens (tertiary/aromatic N) is 2. The highest BCUT2D eigenvalue weighted by Gasteiger charge is 2.06. The fourth-order valence-electron chi connectivity index (χ4n) is 1.72. The van der Waals surface area contributed by atoms with Gasteiger partial charge in [-0.3, -0.25) is 0 Å². The zero-order valence-corrected chi connectivity index (χ0v) is 11.6. The molecule has 0 aliphatic carbocycles. The van der Waals surface area contributed by atoms with Crippen LogP contribution < -0.4 is 0 Å². The number of aryl methyl sites for hydroxylation is 2. The molecule has 1 aromatic carbocycles. The zero-order chi connectivity index (χ0) is 12.8. The Morgan fingerprint density at radius 1 is 1.17 bits per heavy atom. The quantitative estimate of drug-likeness (QED) is 0.890. The van der Waals surface area contributed by atoms with E-state index in [2.05, 4.69) is 32.1 Å². The highest BCUT2D eigenvalue weighted by Crippen LogP contribution is 2.18. The highest BCUT2D eigenvalue weighted by atomic mass is 79.9. The summed E-state index contributed by atoms with van der Waals surface area (Å²) in [4.78, 5) is 4.20. The minimum atomic E-state index is 0.0515. The Kier molecular flexibility index (Phi) is 4.90. The normalized spacial score (nSPS) is 10.8. The summed E-state index contributed by atoms with van der Waals surface area (Å²) < 4.78 is 6.24. The van der Waals surface area contributed by atoms with Crippen LogP contribution >= 0.6 is 15.9 Å². The topological polar surface area (TPSA) is 59.2 Å². The second-order valence-corrected chi connectivity index (χ2v) is 4.88. The van der Waals surface area contributed by atoms with Crippen molar-refractivity contribution in [3.8, 4) is 0 Å². The maximum absolute atomic E-state index is 8.76. The van der Waals surface area contributed by atoms with Gasteiger partial charge in [-0.25, -0.2) is 0 Å². The molecular weight excluding hydrogens is 296 g/mol. The number of rotatable bonds is 6. The molecule has 5 heteroatoms. The molecule has 2 aromatic rings. The van der Waals surface area contributed by atoms with Crippen LogP contribution in [0.15, 0.2) is 33.3 Å². The molecule has 1 heterocycles. The van der Waals surface area contributed by atoms with Gasteiger partial charge >= 0.3 is 0 Å². The third kappa shape index (κ3) is 3.65. The Balaban J connectivity index is 1.83. The lowest BCUT2D eigenvalue weighted by Gasteiger charge is -2.02. The second-order valence-electron chi connectivity index (χ2n) is 4.02. The molecule has 18 heavy (non-hydrogen) atoms. The first-order valence-electron chi connectivity index (χ1n) is 5.95.